The molecule has 1 aliphatic rings. The van der Waals surface area contributed by atoms with E-state index in [1.54, 1.807) is 20.8 Å². The Morgan fingerprint density at radius 1 is 1.29 bits per heavy atom. The van der Waals surface area contributed by atoms with Gasteiger partial charge in [0.1, 0.15) is 5.60 Å². The van der Waals surface area contributed by atoms with Crippen LogP contribution in [-0.2, 0) is 9.53 Å². The first-order valence-electron chi connectivity index (χ1n) is 7.57. The van der Waals surface area contributed by atoms with Crippen LogP contribution in [0.4, 0.5) is 4.79 Å². The summed E-state index contributed by atoms with van der Waals surface area (Å²) in [5.74, 6) is -0.109. The van der Waals surface area contributed by atoms with E-state index in [9.17, 15) is 9.59 Å². The number of likely N-dealkylation sites (tertiary alicyclic amines) is 1. The van der Waals surface area contributed by atoms with Crippen LogP contribution in [0.5, 0.6) is 0 Å². The molecule has 6 heteroatoms. The van der Waals surface area contributed by atoms with E-state index in [0.717, 1.165) is 0 Å². The van der Waals surface area contributed by atoms with Crippen molar-refractivity contribution >= 4 is 11.9 Å². The molecule has 0 bridgehead atoms. The number of rotatable bonds is 3. The maximum Gasteiger partial charge on any atom is 0.410 e. The van der Waals surface area contributed by atoms with E-state index in [1.807, 2.05) is 13.8 Å². The average molecular weight is 299 g/mol. The van der Waals surface area contributed by atoms with Crippen molar-refractivity contribution in [3.8, 4) is 0 Å². The van der Waals surface area contributed by atoms with Gasteiger partial charge in [-0.15, -0.1) is 0 Å². The summed E-state index contributed by atoms with van der Waals surface area (Å²) in [4.78, 5) is 26.3. The Morgan fingerprint density at radius 3 is 2.33 bits per heavy atom. The van der Waals surface area contributed by atoms with Gasteiger partial charge in [-0.05, 0) is 39.5 Å². The van der Waals surface area contributed by atoms with Gasteiger partial charge in [-0.3, -0.25) is 9.69 Å². The first-order valence-corrected chi connectivity index (χ1v) is 7.57. The van der Waals surface area contributed by atoms with Crippen molar-refractivity contribution in [2.75, 3.05) is 6.54 Å². The van der Waals surface area contributed by atoms with Gasteiger partial charge in [0.15, 0.2) is 5.78 Å². The third kappa shape index (κ3) is 4.97. The van der Waals surface area contributed by atoms with Crippen molar-refractivity contribution in [3.05, 3.63) is 0 Å². The summed E-state index contributed by atoms with van der Waals surface area (Å²) in [5, 5.41) is 0. The zero-order chi connectivity index (χ0) is 16.4. The second kappa shape index (κ2) is 6.75. The Labute approximate surface area is 127 Å². The zero-order valence-electron chi connectivity index (χ0n) is 13.8. The molecule has 0 radical (unpaired) electrons. The minimum absolute atomic E-state index is 0.0242. The number of piperidine rings is 1. The molecule has 0 aliphatic carbocycles. The van der Waals surface area contributed by atoms with Gasteiger partial charge in [0.05, 0.1) is 12.1 Å². The Bertz CT molecular complexity index is 390. The molecule has 21 heavy (non-hydrogen) atoms. The standard InChI is InChI=1S/C15H29N3O3/c1-9(2)12(17)13(19)11-8-10(16)6-7-18(11)14(20)21-15(3,4)5/h9-12H,6-8,16-17H2,1-5H3. The van der Waals surface area contributed by atoms with E-state index in [2.05, 4.69) is 0 Å². The summed E-state index contributed by atoms with van der Waals surface area (Å²) >= 11 is 0. The number of carbonyl (C=O) groups is 2. The second-order valence-electron chi connectivity index (χ2n) is 7.15. The molecule has 0 aromatic carbocycles. The van der Waals surface area contributed by atoms with Gasteiger partial charge in [-0.2, -0.15) is 0 Å². The summed E-state index contributed by atoms with van der Waals surface area (Å²) in [6.45, 7) is 9.62. The highest BCUT2D eigenvalue weighted by molar-refractivity contribution is 5.91. The molecule has 4 N–H and O–H groups in total. The molecule has 0 aromatic heterocycles. The molecule has 0 aromatic rings. The van der Waals surface area contributed by atoms with E-state index in [4.69, 9.17) is 16.2 Å². The zero-order valence-corrected chi connectivity index (χ0v) is 13.8. The van der Waals surface area contributed by atoms with Gasteiger partial charge in [0.25, 0.3) is 0 Å². The highest BCUT2D eigenvalue weighted by atomic mass is 16.6. The largest absolute Gasteiger partial charge is 0.444 e. The molecule has 1 aliphatic heterocycles. The molecule has 3 unspecified atom stereocenters. The van der Waals surface area contributed by atoms with Gasteiger partial charge >= 0.3 is 6.09 Å². The van der Waals surface area contributed by atoms with Crippen LogP contribution < -0.4 is 11.5 Å². The molecule has 6 nitrogen and oxygen atoms in total. The number of ketones is 1. The number of nitrogens with two attached hydrogens (primary N) is 2. The van der Waals surface area contributed by atoms with Crippen molar-refractivity contribution in [1.82, 2.24) is 4.90 Å². The predicted molar refractivity (Wildman–Crippen MR) is 81.8 cm³/mol. The molecule has 0 saturated carbocycles. The van der Waals surface area contributed by atoms with Gasteiger partial charge in [-0.1, -0.05) is 13.8 Å². The van der Waals surface area contributed by atoms with Gasteiger partial charge < -0.3 is 16.2 Å². The number of hydrogen-bond acceptors (Lipinski definition) is 5. The maximum atomic E-state index is 12.5. The van der Waals surface area contributed by atoms with Crippen LogP contribution in [0.15, 0.2) is 0 Å². The molecular weight excluding hydrogens is 270 g/mol. The summed E-state index contributed by atoms with van der Waals surface area (Å²) in [6.07, 6.45) is 0.641. The molecule has 122 valence electrons. The Balaban J connectivity index is 2.89. The number of hydrogen-bond donors (Lipinski definition) is 2. The minimum Gasteiger partial charge on any atom is -0.444 e. The molecule has 3 atom stereocenters. The molecule has 1 amide bonds. The van der Waals surface area contributed by atoms with Gasteiger partial charge in [-0.25, -0.2) is 4.79 Å². The van der Waals surface area contributed by atoms with E-state index in [-0.39, 0.29) is 17.7 Å². The number of amides is 1. The number of ether oxygens (including phenoxy) is 1. The van der Waals surface area contributed by atoms with Crippen LogP contribution in [0.2, 0.25) is 0 Å². The number of Topliss-reactive ketones (excluding diaryl/α,β-unsaturated/α-hetero) is 1. The van der Waals surface area contributed by atoms with Crippen LogP contribution in [0.25, 0.3) is 0 Å². The Kier molecular flexibility index (Phi) is 5.75. The lowest BCUT2D eigenvalue weighted by Crippen LogP contribution is -2.58. The fraction of sp³-hybridized carbons (Fsp3) is 0.867. The van der Waals surface area contributed by atoms with Crippen LogP contribution in [0.3, 0.4) is 0 Å². The quantitative estimate of drug-likeness (QED) is 0.817. The predicted octanol–water partition coefficient (Wildman–Crippen LogP) is 1.27. The summed E-state index contributed by atoms with van der Waals surface area (Å²) in [5.41, 5.74) is 11.3. The maximum absolute atomic E-state index is 12.5. The van der Waals surface area contributed by atoms with E-state index in [1.165, 1.54) is 4.90 Å². The van der Waals surface area contributed by atoms with E-state index < -0.39 is 23.8 Å². The molecule has 0 spiro atoms. The molecule has 1 rings (SSSR count). The Morgan fingerprint density at radius 2 is 1.86 bits per heavy atom. The van der Waals surface area contributed by atoms with Gasteiger partial charge in [0.2, 0.25) is 0 Å². The highest BCUT2D eigenvalue weighted by Crippen LogP contribution is 2.22. The van der Waals surface area contributed by atoms with Crippen LogP contribution in [0, 0.1) is 5.92 Å². The van der Waals surface area contributed by atoms with Crippen LogP contribution in [-0.4, -0.2) is 47.0 Å². The molecule has 1 saturated heterocycles. The fourth-order valence-electron chi connectivity index (χ4n) is 2.35. The second-order valence-corrected chi connectivity index (χ2v) is 7.15. The third-order valence-electron chi connectivity index (χ3n) is 3.65. The number of nitrogens with zero attached hydrogens (tertiary/aromatic N) is 1. The molecular formula is C15H29N3O3. The third-order valence-corrected chi connectivity index (χ3v) is 3.65. The minimum atomic E-state index is -0.593. The van der Waals surface area contributed by atoms with E-state index >= 15 is 0 Å². The smallest absolute Gasteiger partial charge is 0.410 e. The number of carbonyl (C=O) groups excluding carboxylic acids is 2. The lowest BCUT2D eigenvalue weighted by molar-refractivity contribution is -0.127. The summed E-state index contributed by atoms with van der Waals surface area (Å²) in [7, 11) is 0. The molecule has 1 fully saturated rings. The van der Waals surface area contributed by atoms with Crippen molar-refractivity contribution in [3.63, 3.8) is 0 Å². The average Bonchev–Trinajstić information content (AvgIpc) is 2.34. The Hall–Kier alpha value is -1.14. The SMILES string of the molecule is CC(C)C(N)C(=O)C1CC(N)CCN1C(=O)OC(C)(C)C. The molecule has 1 heterocycles. The summed E-state index contributed by atoms with van der Waals surface area (Å²) in [6, 6.07) is -1.26. The first-order chi connectivity index (χ1) is 9.53. The van der Waals surface area contributed by atoms with Crippen LogP contribution in [0.1, 0.15) is 47.5 Å². The van der Waals surface area contributed by atoms with Crippen molar-refractivity contribution in [2.24, 2.45) is 17.4 Å². The summed E-state index contributed by atoms with van der Waals surface area (Å²) < 4.78 is 5.39. The van der Waals surface area contributed by atoms with E-state index in [0.29, 0.717) is 19.4 Å². The highest BCUT2D eigenvalue weighted by Gasteiger charge is 2.39. The van der Waals surface area contributed by atoms with Crippen molar-refractivity contribution < 1.29 is 14.3 Å². The fourth-order valence-corrected chi connectivity index (χ4v) is 2.35. The topological polar surface area (TPSA) is 98.6 Å². The van der Waals surface area contributed by atoms with Crippen LogP contribution >= 0.6 is 0 Å². The monoisotopic (exact) mass is 299 g/mol. The normalized spacial score (nSPS) is 24.9. The van der Waals surface area contributed by atoms with Crippen molar-refractivity contribution in [1.29, 1.82) is 0 Å². The van der Waals surface area contributed by atoms with Crippen molar-refractivity contribution in [2.45, 2.75) is 71.2 Å². The lowest BCUT2D eigenvalue weighted by Gasteiger charge is -2.39. The lowest BCUT2D eigenvalue weighted by atomic mass is 9.88. The first kappa shape index (κ1) is 17.9. The van der Waals surface area contributed by atoms with Gasteiger partial charge in [0, 0.05) is 12.6 Å².